The smallest absolute Gasteiger partial charge is 0.264 e. The van der Waals surface area contributed by atoms with Crippen molar-refractivity contribution in [2.75, 3.05) is 5.32 Å². The molecule has 0 aliphatic carbocycles. The summed E-state index contributed by atoms with van der Waals surface area (Å²) >= 11 is 0. The van der Waals surface area contributed by atoms with Crippen LogP contribution in [-0.2, 0) is 29.1 Å². The van der Waals surface area contributed by atoms with Crippen molar-refractivity contribution in [1.29, 1.82) is 0 Å². The molecule has 3 aromatic rings. The molecular formula is C26H26N2O3. The summed E-state index contributed by atoms with van der Waals surface area (Å²) in [5.41, 5.74) is 3.62. The molecule has 0 bridgehead atoms. The highest BCUT2D eigenvalue weighted by Crippen LogP contribution is 2.30. The minimum absolute atomic E-state index is 0.0165. The lowest BCUT2D eigenvalue weighted by Gasteiger charge is -2.23. The molecule has 1 heterocycles. The van der Waals surface area contributed by atoms with Crippen LogP contribution in [0.5, 0.6) is 5.75 Å². The van der Waals surface area contributed by atoms with Gasteiger partial charge in [-0.15, -0.1) is 0 Å². The Morgan fingerprint density at radius 2 is 1.68 bits per heavy atom. The van der Waals surface area contributed by atoms with Crippen LogP contribution in [0.15, 0.2) is 78.9 Å². The van der Waals surface area contributed by atoms with E-state index in [9.17, 15) is 9.59 Å². The fourth-order valence-electron chi connectivity index (χ4n) is 3.77. The SMILES string of the molecule is CCC1Oc2ccc(NC(=O)Cc3ccccc3)cc2CN(Cc2ccccc2)C1=O. The Bertz CT molecular complexity index is 1050. The van der Waals surface area contributed by atoms with E-state index in [-0.39, 0.29) is 11.8 Å². The Labute approximate surface area is 182 Å². The topological polar surface area (TPSA) is 58.6 Å². The van der Waals surface area contributed by atoms with Gasteiger partial charge < -0.3 is 15.0 Å². The molecule has 1 atom stereocenters. The molecule has 1 aliphatic heterocycles. The zero-order valence-corrected chi connectivity index (χ0v) is 17.6. The molecule has 31 heavy (non-hydrogen) atoms. The molecule has 5 nitrogen and oxygen atoms in total. The van der Waals surface area contributed by atoms with Crippen LogP contribution in [0.2, 0.25) is 0 Å². The molecule has 0 radical (unpaired) electrons. The van der Waals surface area contributed by atoms with E-state index in [2.05, 4.69) is 5.32 Å². The minimum Gasteiger partial charge on any atom is -0.480 e. The second-order valence-electron chi connectivity index (χ2n) is 7.73. The van der Waals surface area contributed by atoms with Gasteiger partial charge in [-0.1, -0.05) is 67.6 Å². The fraction of sp³-hybridized carbons (Fsp3) is 0.231. The summed E-state index contributed by atoms with van der Waals surface area (Å²) in [6, 6.07) is 25.1. The van der Waals surface area contributed by atoms with Gasteiger partial charge in [0.1, 0.15) is 5.75 Å². The van der Waals surface area contributed by atoms with E-state index >= 15 is 0 Å². The number of fused-ring (bicyclic) bond motifs is 1. The maximum absolute atomic E-state index is 13.0. The molecule has 3 aromatic carbocycles. The Kier molecular flexibility index (Phi) is 6.32. The number of ether oxygens (including phenoxy) is 1. The Balaban J connectivity index is 1.53. The number of carbonyl (C=O) groups excluding carboxylic acids is 2. The summed E-state index contributed by atoms with van der Waals surface area (Å²) in [6.45, 7) is 2.90. The van der Waals surface area contributed by atoms with Crippen molar-refractivity contribution >= 4 is 17.5 Å². The highest BCUT2D eigenvalue weighted by molar-refractivity contribution is 5.92. The minimum atomic E-state index is -0.511. The number of hydrogen-bond acceptors (Lipinski definition) is 3. The Morgan fingerprint density at radius 1 is 1.00 bits per heavy atom. The number of carbonyl (C=O) groups is 2. The summed E-state index contributed by atoms with van der Waals surface area (Å²) in [5, 5.41) is 2.96. The largest absolute Gasteiger partial charge is 0.480 e. The number of nitrogens with one attached hydrogen (secondary N) is 1. The average Bonchev–Trinajstić information content (AvgIpc) is 2.91. The van der Waals surface area contributed by atoms with Crippen molar-refractivity contribution in [2.45, 2.75) is 39.0 Å². The first-order valence-electron chi connectivity index (χ1n) is 10.6. The molecule has 1 unspecified atom stereocenters. The Morgan fingerprint density at radius 3 is 2.35 bits per heavy atom. The fourth-order valence-corrected chi connectivity index (χ4v) is 3.77. The van der Waals surface area contributed by atoms with Crippen molar-refractivity contribution in [2.24, 2.45) is 0 Å². The van der Waals surface area contributed by atoms with Crippen LogP contribution >= 0.6 is 0 Å². The number of rotatable bonds is 6. The summed E-state index contributed by atoms with van der Waals surface area (Å²) in [6.07, 6.45) is 0.396. The first-order valence-corrected chi connectivity index (χ1v) is 10.6. The van der Waals surface area contributed by atoms with Gasteiger partial charge in [0.05, 0.1) is 6.42 Å². The molecule has 0 fully saturated rings. The van der Waals surface area contributed by atoms with Crippen LogP contribution in [0.4, 0.5) is 5.69 Å². The van der Waals surface area contributed by atoms with Gasteiger partial charge >= 0.3 is 0 Å². The van der Waals surface area contributed by atoms with Gasteiger partial charge in [0.15, 0.2) is 6.10 Å². The molecule has 0 spiro atoms. The van der Waals surface area contributed by atoms with Crippen molar-refractivity contribution in [1.82, 2.24) is 4.90 Å². The van der Waals surface area contributed by atoms with Gasteiger partial charge in [0.2, 0.25) is 5.91 Å². The maximum atomic E-state index is 13.0. The molecule has 0 aromatic heterocycles. The van der Waals surface area contributed by atoms with E-state index in [1.165, 1.54) is 0 Å². The van der Waals surface area contributed by atoms with Gasteiger partial charge in [0.25, 0.3) is 5.91 Å². The van der Waals surface area contributed by atoms with Crippen molar-refractivity contribution in [3.05, 3.63) is 95.6 Å². The second kappa shape index (κ2) is 9.47. The number of amides is 2. The molecule has 158 valence electrons. The lowest BCUT2D eigenvalue weighted by molar-refractivity contribution is -0.139. The third-order valence-electron chi connectivity index (χ3n) is 5.36. The van der Waals surface area contributed by atoms with Gasteiger partial charge in [-0.25, -0.2) is 0 Å². The van der Waals surface area contributed by atoms with Crippen LogP contribution < -0.4 is 10.1 Å². The highest BCUT2D eigenvalue weighted by Gasteiger charge is 2.30. The van der Waals surface area contributed by atoms with E-state index in [1.54, 1.807) is 0 Å². The molecule has 0 saturated heterocycles. The monoisotopic (exact) mass is 414 g/mol. The third-order valence-corrected chi connectivity index (χ3v) is 5.36. The van der Waals surface area contributed by atoms with E-state index < -0.39 is 6.10 Å². The predicted octanol–water partition coefficient (Wildman–Crippen LogP) is 4.57. The molecule has 0 saturated carbocycles. The normalized spacial score (nSPS) is 15.6. The van der Waals surface area contributed by atoms with Crippen LogP contribution in [0.25, 0.3) is 0 Å². The number of hydrogen-bond donors (Lipinski definition) is 1. The summed E-state index contributed by atoms with van der Waals surface area (Å²) in [4.78, 5) is 27.3. The molecule has 2 amide bonds. The lowest BCUT2D eigenvalue weighted by Crippen LogP contribution is -2.38. The first kappa shape index (κ1) is 20.7. The zero-order valence-electron chi connectivity index (χ0n) is 17.6. The maximum Gasteiger partial charge on any atom is 0.264 e. The molecule has 4 rings (SSSR count). The van der Waals surface area contributed by atoms with Gasteiger partial charge in [0, 0.05) is 24.3 Å². The van der Waals surface area contributed by atoms with Crippen LogP contribution in [0.1, 0.15) is 30.0 Å². The van der Waals surface area contributed by atoms with Crippen LogP contribution in [-0.4, -0.2) is 22.8 Å². The van der Waals surface area contributed by atoms with Gasteiger partial charge in [-0.05, 0) is 35.7 Å². The van der Waals surface area contributed by atoms with Gasteiger partial charge in [-0.2, -0.15) is 0 Å². The summed E-state index contributed by atoms with van der Waals surface area (Å²) < 4.78 is 6.04. The third kappa shape index (κ3) is 5.12. The average molecular weight is 415 g/mol. The number of anilines is 1. The standard InChI is InChI=1S/C26H26N2O3/c1-2-23-26(30)28(17-20-11-7-4-8-12-20)18-21-16-22(13-14-24(21)31-23)27-25(29)15-19-9-5-3-6-10-19/h3-14,16,23H,2,15,17-18H2,1H3,(H,27,29). The number of benzene rings is 3. The quantitative estimate of drug-likeness (QED) is 0.643. The molecular weight excluding hydrogens is 388 g/mol. The van der Waals surface area contributed by atoms with Crippen LogP contribution in [0.3, 0.4) is 0 Å². The van der Waals surface area contributed by atoms with E-state index in [0.29, 0.717) is 37.4 Å². The summed E-state index contributed by atoms with van der Waals surface area (Å²) in [7, 11) is 0. The van der Waals surface area contributed by atoms with E-state index in [0.717, 1.165) is 16.7 Å². The van der Waals surface area contributed by atoms with Crippen LogP contribution in [0, 0.1) is 0 Å². The van der Waals surface area contributed by atoms with Crippen molar-refractivity contribution in [3.63, 3.8) is 0 Å². The van der Waals surface area contributed by atoms with Crippen molar-refractivity contribution < 1.29 is 14.3 Å². The van der Waals surface area contributed by atoms with E-state index in [4.69, 9.17) is 4.74 Å². The molecule has 5 heteroatoms. The second-order valence-corrected chi connectivity index (χ2v) is 7.73. The first-order chi connectivity index (χ1) is 15.1. The molecule has 1 aliphatic rings. The summed E-state index contributed by atoms with van der Waals surface area (Å²) in [5.74, 6) is 0.596. The van der Waals surface area contributed by atoms with Gasteiger partial charge in [-0.3, -0.25) is 9.59 Å². The predicted molar refractivity (Wildman–Crippen MR) is 121 cm³/mol. The number of nitrogens with zero attached hydrogens (tertiary/aromatic N) is 1. The molecule has 1 N–H and O–H groups in total. The van der Waals surface area contributed by atoms with E-state index in [1.807, 2.05) is 90.7 Å². The van der Waals surface area contributed by atoms with Crippen molar-refractivity contribution in [3.8, 4) is 5.75 Å². The zero-order chi connectivity index (χ0) is 21.6. The Hall–Kier alpha value is -3.60. The highest BCUT2D eigenvalue weighted by atomic mass is 16.5. The lowest BCUT2D eigenvalue weighted by atomic mass is 10.1.